The Morgan fingerprint density at radius 2 is 1.75 bits per heavy atom. The normalized spacial score (nSPS) is 15.1. The lowest BCUT2D eigenvalue weighted by Gasteiger charge is -2.23. The van der Waals surface area contributed by atoms with Crippen LogP contribution in [-0.2, 0) is 17.7 Å². The summed E-state index contributed by atoms with van der Waals surface area (Å²) in [5, 5.41) is 1.35. The van der Waals surface area contributed by atoms with E-state index in [1.807, 2.05) is 24.3 Å². The zero-order chi connectivity index (χ0) is 19.5. The van der Waals surface area contributed by atoms with Crippen LogP contribution < -0.4 is 0 Å². The van der Waals surface area contributed by atoms with Crippen molar-refractivity contribution >= 4 is 16.9 Å². The lowest BCUT2D eigenvalue weighted by molar-refractivity contribution is 0.0600. The van der Waals surface area contributed by atoms with Gasteiger partial charge in [-0.25, -0.2) is 4.79 Å². The fourth-order valence-electron chi connectivity index (χ4n) is 4.67. The van der Waals surface area contributed by atoms with E-state index in [0.717, 1.165) is 18.9 Å². The molecule has 0 amide bonds. The fourth-order valence-corrected chi connectivity index (χ4v) is 4.67. The van der Waals surface area contributed by atoms with Crippen molar-refractivity contribution in [3.63, 3.8) is 0 Å². The number of para-hydroxylation sites is 1. The highest BCUT2D eigenvalue weighted by molar-refractivity contribution is 5.89. The minimum Gasteiger partial charge on any atom is -0.465 e. The summed E-state index contributed by atoms with van der Waals surface area (Å²) in [7, 11) is 1.42. The number of nitrogens with zero attached hydrogens (tertiary/aromatic N) is 1. The van der Waals surface area contributed by atoms with Gasteiger partial charge in [0.25, 0.3) is 0 Å². The molecular formula is C25H29NO2. The summed E-state index contributed by atoms with van der Waals surface area (Å²) in [5.74, 6) is 0.516. The lowest BCUT2D eigenvalue weighted by Crippen LogP contribution is -2.15. The molecule has 0 radical (unpaired) electrons. The van der Waals surface area contributed by atoms with E-state index in [4.69, 9.17) is 4.74 Å². The van der Waals surface area contributed by atoms with Gasteiger partial charge in [-0.15, -0.1) is 0 Å². The summed E-state index contributed by atoms with van der Waals surface area (Å²) in [4.78, 5) is 11.7. The van der Waals surface area contributed by atoms with Gasteiger partial charge in [0.1, 0.15) is 0 Å². The summed E-state index contributed by atoms with van der Waals surface area (Å²) in [6, 6.07) is 16.6. The van der Waals surface area contributed by atoms with Gasteiger partial charge in [-0.3, -0.25) is 0 Å². The molecule has 3 heteroatoms. The van der Waals surface area contributed by atoms with Gasteiger partial charge in [-0.1, -0.05) is 49.6 Å². The molecule has 0 N–H and O–H groups in total. The van der Waals surface area contributed by atoms with Crippen LogP contribution in [0.5, 0.6) is 0 Å². The first-order valence-electron chi connectivity index (χ1n) is 10.4. The van der Waals surface area contributed by atoms with Gasteiger partial charge in [-0.2, -0.15) is 0 Å². The molecule has 1 fully saturated rings. The highest BCUT2D eigenvalue weighted by Gasteiger charge is 2.19. The van der Waals surface area contributed by atoms with E-state index in [2.05, 4.69) is 35.8 Å². The minimum atomic E-state index is -0.285. The molecule has 2 aromatic carbocycles. The molecule has 3 aromatic rings. The molecule has 0 bridgehead atoms. The molecule has 28 heavy (non-hydrogen) atoms. The van der Waals surface area contributed by atoms with Crippen molar-refractivity contribution in [2.75, 3.05) is 7.11 Å². The average molecular weight is 376 g/mol. The Kier molecular flexibility index (Phi) is 5.52. The molecule has 1 heterocycles. The van der Waals surface area contributed by atoms with Crippen molar-refractivity contribution < 1.29 is 9.53 Å². The van der Waals surface area contributed by atoms with Crippen molar-refractivity contribution in [3.05, 3.63) is 70.9 Å². The lowest BCUT2D eigenvalue weighted by atomic mass is 9.89. The number of hydrogen-bond acceptors (Lipinski definition) is 2. The first-order valence-corrected chi connectivity index (χ1v) is 10.4. The highest BCUT2D eigenvalue weighted by atomic mass is 16.5. The van der Waals surface area contributed by atoms with E-state index in [9.17, 15) is 4.79 Å². The van der Waals surface area contributed by atoms with Crippen LogP contribution in [0.1, 0.15) is 59.3 Å². The Morgan fingerprint density at radius 3 is 2.46 bits per heavy atom. The molecule has 146 valence electrons. The van der Waals surface area contributed by atoms with E-state index in [-0.39, 0.29) is 5.97 Å². The van der Waals surface area contributed by atoms with Gasteiger partial charge in [0.15, 0.2) is 0 Å². The Morgan fingerprint density at radius 1 is 1.04 bits per heavy atom. The number of carbonyl (C=O) groups excluding carboxylic acids is 1. The molecule has 0 unspecified atom stereocenters. The maximum absolute atomic E-state index is 11.7. The summed E-state index contributed by atoms with van der Waals surface area (Å²) in [6.45, 7) is 3.40. The number of benzene rings is 2. The van der Waals surface area contributed by atoms with Crippen LogP contribution >= 0.6 is 0 Å². The minimum absolute atomic E-state index is 0.285. The molecule has 1 saturated carbocycles. The summed E-state index contributed by atoms with van der Waals surface area (Å²) in [5.41, 5.74) is 5.95. The van der Waals surface area contributed by atoms with Crippen molar-refractivity contribution in [2.45, 2.75) is 52.0 Å². The van der Waals surface area contributed by atoms with Crippen molar-refractivity contribution in [1.82, 2.24) is 4.57 Å². The van der Waals surface area contributed by atoms with Gasteiger partial charge in [0.2, 0.25) is 0 Å². The highest BCUT2D eigenvalue weighted by Crippen LogP contribution is 2.32. The third kappa shape index (κ3) is 3.71. The monoisotopic (exact) mass is 375 g/mol. The van der Waals surface area contributed by atoms with Gasteiger partial charge >= 0.3 is 5.97 Å². The molecule has 1 aliphatic rings. The van der Waals surface area contributed by atoms with Crippen LogP contribution in [0, 0.1) is 12.8 Å². The number of aromatic nitrogens is 1. The zero-order valence-corrected chi connectivity index (χ0v) is 16.9. The van der Waals surface area contributed by atoms with Crippen LogP contribution in [-0.4, -0.2) is 17.6 Å². The first-order chi connectivity index (χ1) is 13.7. The average Bonchev–Trinajstić information content (AvgIpc) is 3.00. The van der Waals surface area contributed by atoms with Crippen LogP contribution in [0.15, 0.2) is 48.5 Å². The molecule has 0 aliphatic heterocycles. The number of fused-ring (bicyclic) bond motifs is 1. The molecule has 4 rings (SSSR count). The maximum atomic E-state index is 11.7. The topological polar surface area (TPSA) is 31.2 Å². The first kappa shape index (κ1) is 18.8. The van der Waals surface area contributed by atoms with E-state index in [1.54, 1.807) is 0 Å². The van der Waals surface area contributed by atoms with Crippen LogP contribution in [0.25, 0.3) is 10.9 Å². The van der Waals surface area contributed by atoms with E-state index >= 15 is 0 Å². The standard InChI is InChI=1S/C25H29NO2/c1-18-23(16-19-12-14-21(15-13-19)25(27)28-2)22-10-6-7-11-24(22)26(18)17-20-8-4-3-5-9-20/h6-7,10-15,20H,3-5,8-9,16-17H2,1-2H3. The number of rotatable bonds is 5. The van der Waals surface area contributed by atoms with Gasteiger partial charge < -0.3 is 9.30 Å². The van der Waals surface area contributed by atoms with E-state index in [0.29, 0.717) is 5.56 Å². The zero-order valence-electron chi connectivity index (χ0n) is 16.9. The van der Waals surface area contributed by atoms with Gasteiger partial charge in [0.05, 0.1) is 12.7 Å². The molecular weight excluding hydrogens is 346 g/mol. The second-order valence-corrected chi connectivity index (χ2v) is 8.06. The third-order valence-corrected chi connectivity index (χ3v) is 6.28. The van der Waals surface area contributed by atoms with Crippen molar-refractivity contribution in [2.24, 2.45) is 5.92 Å². The fraction of sp³-hybridized carbons (Fsp3) is 0.400. The summed E-state index contributed by atoms with van der Waals surface area (Å²) >= 11 is 0. The smallest absolute Gasteiger partial charge is 0.337 e. The van der Waals surface area contributed by atoms with Gasteiger partial charge in [0, 0.05) is 23.1 Å². The molecule has 0 atom stereocenters. The quantitative estimate of drug-likeness (QED) is 0.519. The Bertz CT molecular complexity index is 962. The summed E-state index contributed by atoms with van der Waals surface area (Å²) < 4.78 is 7.35. The predicted molar refractivity (Wildman–Crippen MR) is 114 cm³/mol. The molecule has 1 aromatic heterocycles. The number of carbonyl (C=O) groups is 1. The molecule has 3 nitrogen and oxygen atoms in total. The number of esters is 1. The Labute approximate surface area is 167 Å². The number of hydrogen-bond donors (Lipinski definition) is 0. The maximum Gasteiger partial charge on any atom is 0.337 e. The van der Waals surface area contributed by atoms with Crippen LogP contribution in [0.4, 0.5) is 0 Å². The Balaban J connectivity index is 1.65. The van der Waals surface area contributed by atoms with E-state index in [1.165, 1.54) is 66.9 Å². The Hall–Kier alpha value is -2.55. The molecule has 0 saturated heterocycles. The van der Waals surface area contributed by atoms with E-state index < -0.39 is 0 Å². The van der Waals surface area contributed by atoms with Crippen molar-refractivity contribution in [1.29, 1.82) is 0 Å². The third-order valence-electron chi connectivity index (χ3n) is 6.28. The predicted octanol–water partition coefficient (Wildman–Crippen LogP) is 5.91. The number of ether oxygens (including phenoxy) is 1. The summed E-state index contributed by atoms with van der Waals surface area (Å²) in [6.07, 6.45) is 7.75. The van der Waals surface area contributed by atoms with Crippen LogP contribution in [0.2, 0.25) is 0 Å². The number of methoxy groups -OCH3 is 1. The second-order valence-electron chi connectivity index (χ2n) is 8.06. The van der Waals surface area contributed by atoms with Crippen molar-refractivity contribution in [3.8, 4) is 0 Å². The largest absolute Gasteiger partial charge is 0.465 e. The second kappa shape index (κ2) is 8.22. The molecule has 1 aliphatic carbocycles. The SMILES string of the molecule is COC(=O)c1ccc(Cc2c(C)n(CC3CCCCC3)c3ccccc23)cc1. The molecule has 0 spiro atoms. The van der Waals surface area contributed by atoms with Gasteiger partial charge in [-0.05, 0) is 61.4 Å². The van der Waals surface area contributed by atoms with Crippen LogP contribution in [0.3, 0.4) is 0 Å².